The van der Waals surface area contributed by atoms with Crippen LogP contribution in [-0.2, 0) is 6.42 Å². The van der Waals surface area contributed by atoms with Crippen LogP contribution >= 0.6 is 0 Å². The second-order valence-electron chi connectivity index (χ2n) is 5.12. The highest BCUT2D eigenvalue weighted by molar-refractivity contribution is 5.39. The second-order valence-corrected chi connectivity index (χ2v) is 5.12. The van der Waals surface area contributed by atoms with E-state index in [2.05, 4.69) is 32.9 Å². The van der Waals surface area contributed by atoms with Gasteiger partial charge in [-0.25, -0.2) is 0 Å². The van der Waals surface area contributed by atoms with E-state index in [-0.39, 0.29) is 6.04 Å². The van der Waals surface area contributed by atoms with Crippen molar-refractivity contribution in [1.82, 2.24) is 0 Å². The summed E-state index contributed by atoms with van der Waals surface area (Å²) < 4.78 is 0. The Morgan fingerprint density at radius 2 is 1.87 bits per heavy atom. The largest absolute Gasteiger partial charge is 0.324 e. The molecular weight excluding hydrogens is 182 g/mol. The number of hydrogen-bond acceptors (Lipinski definition) is 1. The molecule has 0 saturated heterocycles. The summed E-state index contributed by atoms with van der Waals surface area (Å²) in [5.74, 6) is 0.757. The molecule has 0 bridgehead atoms. The van der Waals surface area contributed by atoms with E-state index in [1.54, 1.807) is 0 Å². The van der Waals surface area contributed by atoms with Crippen LogP contribution in [-0.4, -0.2) is 0 Å². The van der Waals surface area contributed by atoms with Gasteiger partial charge in [0.15, 0.2) is 0 Å². The average molecular weight is 203 g/mol. The van der Waals surface area contributed by atoms with E-state index >= 15 is 0 Å². The quantitative estimate of drug-likeness (QED) is 0.643. The van der Waals surface area contributed by atoms with Gasteiger partial charge >= 0.3 is 0 Å². The van der Waals surface area contributed by atoms with Crippen LogP contribution in [0.5, 0.6) is 0 Å². The molecule has 1 aromatic carbocycles. The molecule has 15 heavy (non-hydrogen) atoms. The Hall–Kier alpha value is -0.820. The summed E-state index contributed by atoms with van der Waals surface area (Å²) in [5, 5.41) is 0. The maximum Gasteiger partial charge on any atom is 0.0300 e. The van der Waals surface area contributed by atoms with Crippen LogP contribution in [0.2, 0.25) is 0 Å². The van der Waals surface area contributed by atoms with E-state index < -0.39 is 0 Å². The monoisotopic (exact) mass is 203 g/mol. The van der Waals surface area contributed by atoms with Gasteiger partial charge in [-0.05, 0) is 61.3 Å². The van der Waals surface area contributed by atoms with E-state index in [0.717, 1.165) is 12.3 Å². The molecule has 1 aliphatic rings. The molecule has 0 heterocycles. The fourth-order valence-electron chi connectivity index (χ4n) is 2.54. The topological polar surface area (TPSA) is 26.0 Å². The normalized spacial score (nSPS) is 25.9. The van der Waals surface area contributed by atoms with Crippen molar-refractivity contribution in [3.63, 3.8) is 0 Å². The van der Waals surface area contributed by atoms with Crippen LogP contribution in [0.25, 0.3) is 0 Å². The first-order valence-corrected chi connectivity index (χ1v) is 5.93. The molecular formula is C14H21N. The number of fused-ring (bicyclic) bond motifs is 1. The van der Waals surface area contributed by atoms with Gasteiger partial charge < -0.3 is 5.73 Å². The first-order chi connectivity index (χ1) is 7.08. The summed E-state index contributed by atoms with van der Waals surface area (Å²) in [6.45, 7) is 6.68. The zero-order valence-corrected chi connectivity index (χ0v) is 10.0. The molecule has 0 amide bonds. The Morgan fingerprint density at radius 1 is 1.20 bits per heavy atom. The highest BCUT2D eigenvalue weighted by Gasteiger charge is 2.19. The van der Waals surface area contributed by atoms with E-state index in [1.165, 1.54) is 35.1 Å². The zero-order valence-electron chi connectivity index (χ0n) is 10.0. The number of nitrogens with two attached hydrogens (primary N) is 1. The van der Waals surface area contributed by atoms with Crippen molar-refractivity contribution in [3.05, 3.63) is 34.4 Å². The summed E-state index contributed by atoms with van der Waals surface area (Å²) in [6, 6.07) is 4.88. The van der Waals surface area contributed by atoms with Gasteiger partial charge in [0.1, 0.15) is 0 Å². The lowest BCUT2D eigenvalue weighted by Crippen LogP contribution is -2.13. The van der Waals surface area contributed by atoms with Crippen molar-refractivity contribution in [1.29, 1.82) is 0 Å². The Kier molecular flexibility index (Phi) is 2.83. The average Bonchev–Trinajstić information content (AvgIpc) is 2.30. The van der Waals surface area contributed by atoms with Crippen LogP contribution in [0.15, 0.2) is 12.1 Å². The minimum absolute atomic E-state index is 0.247. The molecule has 0 aromatic heterocycles. The Balaban J connectivity index is 2.45. The maximum atomic E-state index is 6.26. The van der Waals surface area contributed by atoms with Gasteiger partial charge in [-0.15, -0.1) is 0 Å². The first-order valence-electron chi connectivity index (χ1n) is 5.93. The van der Waals surface area contributed by atoms with E-state index in [1.807, 2.05) is 0 Å². The molecule has 82 valence electrons. The summed E-state index contributed by atoms with van der Waals surface area (Å²) in [5.41, 5.74) is 11.9. The molecule has 1 aliphatic carbocycles. The SMILES string of the molecule is Cc1cc2c(cc1C)C(N)CC(C)CC2. The van der Waals surface area contributed by atoms with Gasteiger partial charge in [0.2, 0.25) is 0 Å². The van der Waals surface area contributed by atoms with Crippen LogP contribution < -0.4 is 5.73 Å². The zero-order chi connectivity index (χ0) is 11.0. The third-order valence-electron chi connectivity index (χ3n) is 3.72. The van der Waals surface area contributed by atoms with Crippen molar-refractivity contribution in [2.45, 2.75) is 46.1 Å². The summed E-state index contributed by atoms with van der Waals surface area (Å²) in [6.07, 6.45) is 3.62. The van der Waals surface area contributed by atoms with E-state index in [0.29, 0.717) is 0 Å². The van der Waals surface area contributed by atoms with Crippen LogP contribution in [0.4, 0.5) is 0 Å². The molecule has 1 heteroatoms. The van der Waals surface area contributed by atoms with Gasteiger partial charge in [0, 0.05) is 6.04 Å². The summed E-state index contributed by atoms with van der Waals surface area (Å²) in [7, 11) is 0. The molecule has 0 saturated carbocycles. The molecule has 2 rings (SSSR count). The van der Waals surface area contributed by atoms with Crippen molar-refractivity contribution in [2.75, 3.05) is 0 Å². The molecule has 0 spiro atoms. The minimum atomic E-state index is 0.247. The lowest BCUT2D eigenvalue weighted by Gasteiger charge is -2.16. The second kappa shape index (κ2) is 3.97. The maximum absolute atomic E-state index is 6.26. The molecule has 2 atom stereocenters. The molecule has 0 aliphatic heterocycles. The highest BCUT2D eigenvalue weighted by Crippen LogP contribution is 2.31. The molecule has 2 N–H and O–H groups in total. The number of hydrogen-bond donors (Lipinski definition) is 1. The van der Waals surface area contributed by atoms with Crippen molar-refractivity contribution in [2.24, 2.45) is 11.7 Å². The van der Waals surface area contributed by atoms with Crippen molar-refractivity contribution in [3.8, 4) is 0 Å². The van der Waals surface area contributed by atoms with E-state index in [9.17, 15) is 0 Å². The van der Waals surface area contributed by atoms with Gasteiger partial charge in [0.25, 0.3) is 0 Å². The fraction of sp³-hybridized carbons (Fsp3) is 0.571. The van der Waals surface area contributed by atoms with Gasteiger partial charge in [-0.2, -0.15) is 0 Å². The van der Waals surface area contributed by atoms with Gasteiger partial charge in [0.05, 0.1) is 0 Å². The Bertz CT molecular complexity index is 368. The number of rotatable bonds is 0. The fourth-order valence-corrected chi connectivity index (χ4v) is 2.54. The summed E-state index contributed by atoms with van der Waals surface area (Å²) >= 11 is 0. The highest BCUT2D eigenvalue weighted by atomic mass is 14.6. The number of benzene rings is 1. The third kappa shape index (κ3) is 2.07. The molecule has 0 radical (unpaired) electrons. The van der Waals surface area contributed by atoms with Gasteiger partial charge in [-0.1, -0.05) is 19.1 Å². The predicted octanol–water partition coefficient (Wildman–Crippen LogP) is 3.28. The standard InChI is InChI=1S/C14H21N/c1-9-4-5-12-7-10(2)11(3)8-13(12)14(15)6-9/h7-9,14H,4-6,15H2,1-3H3. The van der Waals surface area contributed by atoms with Gasteiger partial charge in [-0.3, -0.25) is 0 Å². The minimum Gasteiger partial charge on any atom is -0.324 e. The first kappa shape index (κ1) is 10.7. The molecule has 1 aromatic rings. The van der Waals surface area contributed by atoms with Crippen LogP contribution in [0.1, 0.15) is 48.1 Å². The van der Waals surface area contributed by atoms with Crippen molar-refractivity contribution < 1.29 is 0 Å². The summed E-state index contributed by atoms with van der Waals surface area (Å²) in [4.78, 5) is 0. The lowest BCUT2D eigenvalue weighted by molar-refractivity contribution is 0.464. The van der Waals surface area contributed by atoms with E-state index in [4.69, 9.17) is 5.73 Å². The molecule has 0 fully saturated rings. The predicted molar refractivity (Wildman–Crippen MR) is 64.9 cm³/mol. The molecule has 2 unspecified atom stereocenters. The number of aryl methyl sites for hydroxylation is 3. The third-order valence-corrected chi connectivity index (χ3v) is 3.72. The van der Waals surface area contributed by atoms with Crippen LogP contribution in [0.3, 0.4) is 0 Å². The van der Waals surface area contributed by atoms with Crippen LogP contribution in [0, 0.1) is 19.8 Å². The lowest BCUT2D eigenvalue weighted by atomic mass is 9.94. The Labute approximate surface area is 92.7 Å². The van der Waals surface area contributed by atoms with Crippen molar-refractivity contribution >= 4 is 0 Å². The Morgan fingerprint density at radius 3 is 2.60 bits per heavy atom. The molecule has 1 nitrogen and oxygen atoms in total. The smallest absolute Gasteiger partial charge is 0.0300 e.